The van der Waals surface area contributed by atoms with Crippen LogP contribution in [-0.2, 0) is 9.59 Å². The monoisotopic (exact) mass is 292 g/mol. The van der Waals surface area contributed by atoms with Crippen molar-refractivity contribution in [1.82, 2.24) is 0 Å². The van der Waals surface area contributed by atoms with Crippen molar-refractivity contribution in [2.75, 3.05) is 18.0 Å². The van der Waals surface area contributed by atoms with Crippen molar-refractivity contribution in [2.24, 2.45) is 11.1 Å². The normalized spacial score (nSPS) is 13.5. The molecule has 21 heavy (non-hydrogen) atoms. The van der Waals surface area contributed by atoms with Gasteiger partial charge < -0.3 is 15.7 Å². The van der Waals surface area contributed by atoms with Gasteiger partial charge in [0.15, 0.2) is 0 Å². The minimum atomic E-state index is -0.854. The maximum Gasteiger partial charge on any atom is 0.303 e. The van der Waals surface area contributed by atoms with Gasteiger partial charge in [0.1, 0.15) is 0 Å². The lowest BCUT2D eigenvalue weighted by Crippen LogP contribution is -2.46. The molecule has 116 valence electrons. The van der Waals surface area contributed by atoms with Gasteiger partial charge in [-0.2, -0.15) is 0 Å². The Kier molecular flexibility index (Phi) is 6.37. The molecule has 1 aromatic rings. The molecule has 0 spiro atoms. The van der Waals surface area contributed by atoms with Crippen molar-refractivity contribution >= 4 is 17.6 Å². The van der Waals surface area contributed by atoms with Crippen molar-refractivity contribution in [2.45, 2.75) is 33.1 Å². The Balaban J connectivity index is 2.96. The van der Waals surface area contributed by atoms with Gasteiger partial charge in [0.25, 0.3) is 0 Å². The van der Waals surface area contributed by atoms with Gasteiger partial charge >= 0.3 is 5.97 Å². The van der Waals surface area contributed by atoms with Crippen LogP contribution in [-0.4, -0.2) is 30.1 Å². The number of carboxylic acids is 1. The topological polar surface area (TPSA) is 83.6 Å². The third-order valence-corrected chi connectivity index (χ3v) is 3.83. The number of hydrogen-bond donors (Lipinski definition) is 2. The van der Waals surface area contributed by atoms with E-state index >= 15 is 0 Å². The number of benzene rings is 1. The molecular weight excluding hydrogens is 268 g/mol. The number of aliphatic carboxylic acids is 1. The molecule has 0 aromatic heterocycles. The van der Waals surface area contributed by atoms with Crippen LogP contribution in [0.1, 0.15) is 33.1 Å². The second-order valence-corrected chi connectivity index (χ2v) is 5.41. The Hall–Kier alpha value is -1.88. The minimum Gasteiger partial charge on any atom is -0.481 e. The third kappa shape index (κ3) is 4.56. The molecule has 1 unspecified atom stereocenters. The number of nitrogens with two attached hydrogens (primary N) is 1. The zero-order valence-corrected chi connectivity index (χ0v) is 12.7. The van der Waals surface area contributed by atoms with Crippen LogP contribution in [0.25, 0.3) is 0 Å². The molecular formula is C16H24N2O3. The summed E-state index contributed by atoms with van der Waals surface area (Å²) >= 11 is 0. The predicted octanol–water partition coefficient (Wildman–Crippen LogP) is 2.26. The molecule has 0 bridgehead atoms. The van der Waals surface area contributed by atoms with Crippen molar-refractivity contribution < 1.29 is 14.7 Å². The van der Waals surface area contributed by atoms with Crippen molar-refractivity contribution in [3.8, 4) is 0 Å². The predicted molar refractivity (Wildman–Crippen MR) is 83.1 cm³/mol. The number of amides is 1. The summed E-state index contributed by atoms with van der Waals surface area (Å²) in [6, 6.07) is 9.30. The Morgan fingerprint density at radius 3 is 2.38 bits per heavy atom. The van der Waals surface area contributed by atoms with Gasteiger partial charge in [-0.1, -0.05) is 25.1 Å². The van der Waals surface area contributed by atoms with E-state index in [4.69, 9.17) is 10.8 Å². The van der Waals surface area contributed by atoms with E-state index < -0.39 is 11.4 Å². The van der Waals surface area contributed by atoms with E-state index in [1.807, 2.05) is 44.2 Å². The maximum absolute atomic E-state index is 12.8. The number of carboxylic acid groups (broad SMARTS) is 1. The van der Waals surface area contributed by atoms with E-state index in [-0.39, 0.29) is 18.9 Å². The average molecular weight is 292 g/mol. The highest BCUT2D eigenvalue weighted by Crippen LogP contribution is 2.26. The van der Waals surface area contributed by atoms with Crippen LogP contribution in [0.3, 0.4) is 0 Å². The first-order valence-electron chi connectivity index (χ1n) is 7.23. The van der Waals surface area contributed by atoms with Gasteiger partial charge in [0, 0.05) is 25.2 Å². The van der Waals surface area contributed by atoms with Crippen molar-refractivity contribution in [1.29, 1.82) is 0 Å². The molecule has 5 heteroatoms. The summed E-state index contributed by atoms with van der Waals surface area (Å²) in [5.74, 6) is -0.906. The molecule has 1 amide bonds. The van der Waals surface area contributed by atoms with E-state index in [9.17, 15) is 9.59 Å². The first-order valence-corrected chi connectivity index (χ1v) is 7.23. The number of hydrogen-bond acceptors (Lipinski definition) is 3. The maximum atomic E-state index is 12.8. The smallest absolute Gasteiger partial charge is 0.303 e. The van der Waals surface area contributed by atoms with Crippen LogP contribution < -0.4 is 10.6 Å². The van der Waals surface area contributed by atoms with Crippen LogP contribution in [0.2, 0.25) is 0 Å². The van der Waals surface area contributed by atoms with E-state index in [0.29, 0.717) is 19.4 Å². The van der Waals surface area contributed by atoms with Gasteiger partial charge in [0.2, 0.25) is 5.91 Å². The average Bonchev–Trinajstić information content (AvgIpc) is 2.50. The summed E-state index contributed by atoms with van der Waals surface area (Å²) in [6.07, 6.45) is 1.10. The highest BCUT2D eigenvalue weighted by Gasteiger charge is 2.34. The molecule has 0 fully saturated rings. The summed E-state index contributed by atoms with van der Waals surface area (Å²) in [5.41, 5.74) is 5.92. The molecule has 0 aliphatic heterocycles. The Morgan fingerprint density at radius 2 is 1.90 bits per heavy atom. The molecule has 0 heterocycles. The number of carbonyl (C=O) groups is 2. The molecule has 0 saturated heterocycles. The van der Waals surface area contributed by atoms with Gasteiger partial charge in [-0.3, -0.25) is 9.59 Å². The number of anilines is 1. The van der Waals surface area contributed by atoms with Crippen molar-refractivity contribution in [3.05, 3.63) is 30.3 Å². The van der Waals surface area contributed by atoms with Gasteiger partial charge in [-0.15, -0.1) is 0 Å². The zero-order chi connectivity index (χ0) is 15.9. The fourth-order valence-corrected chi connectivity index (χ4v) is 2.05. The molecule has 0 saturated carbocycles. The molecule has 3 N–H and O–H groups in total. The van der Waals surface area contributed by atoms with E-state index in [1.54, 1.807) is 4.90 Å². The Bertz CT molecular complexity index is 470. The number of para-hydroxylation sites is 1. The molecule has 0 aliphatic rings. The van der Waals surface area contributed by atoms with E-state index in [2.05, 4.69) is 0 Å². The summed E-state index contributed by atoms with van der Waals surface area (Å²) < 4.78 is 0. The van der Waals surface area contributed by atoms with E-state index in [0.717, 1.165) is 5.69 Å². The summed E-state index contributed by atoms with van der Waals surface area (Å²) in [6.45, 7) is 4.43. The van der Waals surface area contributed by atoms with Gasteiger partial charge in [-0.25, -0.2) is 0 Å². The van der Waals surface area contributed by atoms with Crippen LogP contribution >= 0.6 is 0 Å². The molecule has 1 aromatic carbocycles. The lowest BCUT2D eigenvalue weighted by molar-refractivity contribution is -0.137. The van der Waals surface area contributed by atoms with Crippen LogP contribution in [0, 0.1) is 5.41 Å². The molecule has 5 nitrogen and oxygen atoms in total. The summed E-state index contributed by atoms with van der Waals surface area (Å²) in [7, 11) is 0. The van der Waals surface area contributed by atoms with Gasteiger partial charge in [-0.05, 0) is 31.9 Å². The van der Waals surface area contributed by atoms with Crippen LogP contribution in [0.5, 0.6) is 0 Å². The lowest BCUT2D eigenvalue weighted by Gasteiger charge is -2.33. The van der Waals surface area contributed by atoms with Crippen LogP contribution in [0.4, 0.5) is 5.69 Å². The summed E-state index contributed by atoms with van der Waals surface area (Å²) in [4.78, 5) is 25.1. The SMILES string of the molecule is CCC(C)(CN)C(=O)N(CCCC(=O)O)c1ccccc1. The largest absolute Gasteiger partial charge is 0.481 e. The lowest BCUT2D eigenvalue weighted by atomic mass is 9.85. The zero-order valence-electron chi connectivity index (χ0n) is 12.7. The Labute approximate surface area is 125 Å². The minimum absolute atomic E-state index is 0.0437. The van der Waals surface area contributed by atoms with Crippen LogP contribution in [0.15, 0.2) is 30.3 Å². The van der Waals surface area contributed by atoms with E-state index in [1.165, 1.54) is 0 Å². The third-order valence-electron chi connectivity index (χ3n) is 3.83. The first kappa shape index (κ1) is 17.2. The first-order chi connectivity index (χ1) is 9.94. The number of nitrogens with zero attached hydrogens (tertiary/aromatic N) is 1. The van der Waals surface area contributed by atoms with Gasteiger partial charge in [0.05, 0.1) is 5.41 Å². The quantitative estimate of drug-likeness (QED) is 0.769. The molecule has 1 rings (SSSR count). The fourth-order valence-electron chi connectivity index (χ4n) is 2.05. The molecule has 1 atom stereocenters. The van der Waals surface area contributed by atoms with Crippen molar-refractivity contribution in [3.63, 3.8) is 0 Å². The molecule has 0 radical (unpaired) electrons. The second-order valence-electron chi connectivity index (χ2n) is 5.41. The number of carbonyl (C=O) groups excluding carboxylic acids is 1. The second kappa shape index (κ2) is 7.78. The number of rotatable bonds is 8. The highest BCUT2D eigenvalue weighted by molar-refractivity contribution is 5.97. The fraction of sp³-hybridized carbons (Fsp3) is 0.500. The summed E-state index contributed by atoms with van der Waals surface area (Å²) in [5, 5.41) is 8.76. The Morgan fingerprint density at radius 1 is 1.29 bits per heavy atom. The molecule has 0 aliphatic carbocycles. The standard InChI is InChI=1S/C16H24N2O3/c1-3-16(2,12-17)15(21)18(11-7-10-14(19)20)13-8-5-4-6-9-13/h4-6,8-9H,3,7,10-12,17H2,1-2H3,(H,19,20). The highest BCUT2D eigenvalue weighted by atomic mass is 16.4.